The van der Waals surface area contributed by atoms with Gasteiger partial charge >= 0.3 is 0 Å². The van der Waals surface area contributed by atoms with Gasteiger partial charge < -0.3 is 10.1 Å². The molecule has 0 radical (unpaired) electrons. The number of aromatic nitrogens is 3. The Morgan fingerprint density at radius 2 is 2.26 bits per heavy atom. The van der Waals surface area contributed by atoms with Crippen molar-refractivity contribution in [1.29, 1.82) is 0 Å². The smallest absolute Gasteiger partial charge is 0.0964 e. The van der Waals surface area contributed by atoms with Crippen molar-refractivity contribution in [2.45, 2.75) is 70.2 Å². The molecule has 1 aliphatic heterocycles. The third-order valence-corrected chi connectivity index (χ3v) is 4.39. The molecule has 1 unspecified atom stereocenters. The first-order valence-electron chi connectivity index (χ1n) is 7.57. The van der Waals surface area contributed by atoms with Crippen LogP contribution in [0.5, 0.6) is 0 Å². The zero-order valence-corrected chi connectivity index (χ0v) is 11.8. The second kappa shape index (κ2) is 5.59. The topological polar surface area (TPSA) is 52.0 Å². The second-order valence-electron chi connectivity index (χ2n) is 5.88. The fourth-order valence-electron chi connectivity index (χ4n) is 3.38. The Morgan fingerprint density at radius 1 is 1.42 bits per heavy atom. The number of hydrogen-bond donors (Lipinski definition) is 1. The molecule has 2 aliphatic rings. The fourth-order valence-corrected chi connectivity index (χ4v) is 3.38. The summed E-state index contributed by atoms with van der Waals surface area (Å²) >= 11 is 0. The van der Waals surface area contributed by atoms with E-state index in [1.165, 1.54) is 38.5 Å². The van der Waals surface area contributed by atoms with Crippen molar-refractivity contribution in [3.63, 3.8) is 0 Å². The van der Waals surface area contributed by atoms with Gasteiger partial charge in [-0.05, 0) is 32.2 Å². The lowest BCUT2D eigenvalue weighted by Crippen LogP contribution is -2.26. The van der Waals surface area contributed by atoms with Crippen molar-refractivity contribution in [2.24, 2.45) is 0 Å². The van der Waals surface area contributed by atoms with E-state index in [0.717, 1.165) is 25.3 Å². The average molecular weight is 264 g/mol. The number of nitrogens with one attached hydrogen (secondary N) is 1. The van der Waals surface area contributed by atoms with E-state index in [-0.39, 0.29) is 5.60 Å². The van der Waals surface area contributed by atoms with Crippen LogP contribution in [0.2, 0.25) is 0 Å². The highest BCUT2D eigenvalue weighted by atomic mass is 16.5. The van der Waals surface area contributed by atoms with Gasteiger partial charge in [-0.3, -0.25) is 0 Å². The molecule has 3 rings (SSSR count). The summed E-state index contributed by atoms with van der Waals surface area (Å²) in [6, 6.07) is 0. The molecule has 106 valence electrons. The van der Waals surface area contributed by atoms with Crippen LogP contribution in [0.1, 0.15) is 51.1 Å². The van der Waals surface area contributed by atoms with Crippen molar-refractivity contribution < 1.29 is 4.74 Å². The summed E-state index contributed by atoms with van der Waals surface area (Å²) in [5.41, 5.74) is 1.23. The Labute approximate surface area is 114 Å². The van der Waals surface area contributed by atoms with E-state index in [1.807, 2.05) is 10.9 Å². The first kappa shape index (κ1) is 13.1. The molecule has 19 heavy (non-hydrogen) atoms. The minimum absolute atomic E-state index is 0.220. The van der Waals surface area contributed by atoms with Crippen LogP contribution >= 0.6 is 0 Å². The Kier molecular flexibility index (Phi) is 3.84. The predicted molar refractivity (Wildman–Crippen MR) is 72.7 cm³/mol. The van der Waals surface area contributed by atoms with E-state index in [2.05, 4.69) is 22.6 Å². The molecule has 5 heteroatoms. The van der Waals surface area contributed by atoms with Crippen molar-refractivity contribution in [1.82, 2.24) is 20.3 Å². The fraction of sp³-hybridized carbons (Fsp3) is 0.857. The van der Waals surface area contributed by atoms with E-state index in [1.54, 1.807) is 0 Å². The molecule has 1 aromatic rings. The van der Waals surface area contributed by atoms with Crippen LogP contribution < -0.4 is 5.32 Å². The molecular formula is C14H24N4O. The van der Waals surface area contributed by atoms with E-state index in [0.29, 0.717) is 6.10 Å². The van der Waals surface area contributed by atoms with Crippen LogP contribution in [0.15, 0.2) is 6.20 Å². The van der Waals surface area contributed by atoms with Gasteiger partial charge in [-0.1, -0.05) is 25.0 Å². The Hall–Kier alpha value is -0.940. The minimum Gasteiger partial charge on any atom is -0.370 e. The molecule has 1 spiro atoms. The SMILES string of the molecule is CCNCc1cn(CC2CCC3(CCCC3)O2)nn1. The van der Waals surface area contributed by atoms with Gasteiger partial charge in [-0.2, -0.15) is 0 Å². The van der Waals surface area contributed by atoms with Gasteiger partial charge in [0.25, 0.3) is 0 Å². The third kappa shape index (κ3) is 2.98. The molecule has 0 bridgehead atoms. The first-order chi connectivity index (χ1) is 9.30. The monoisotopic (exact) mass is 264 g/mol. The zero-order valence-electron chi connectivity index (χ0n) is 11.8. The van der Waals surface area contributed by atoms with Crippen LogP contribution in [0.4, 0.5) is 0 Å². The maximum Gasteiger partial charge on any atom is 0.0964 e. The molecule has 5 nitrogen and oxygen atoms in total. The molecule has 0 amide bonds. The maximum atomic E-state index is 6.30. The van der Waals surface area contributed by atoms with E-state index < -0.39 is 0 Å². The summed E-state index contributed by atoms with van der Waals surface area (Å²) in [6.07, 6.45) is 9.95. The summed E-state index contributed by atoms with van der Waals surface area (Å²) in [7, 11) is 0. The Bertz CT molecular complexity index is 411. The molecule has 1 saturated heterocycles. The summed E-state index contributed by atoms with van der Waals surface area (Å²) in [6.45, 7) is 4.70. The largest absolute Gasteiger partial charge is 0.370 e. The highest BCUT2D eigenvalue weighted by Crippen LogP contribution is 2.43. The molecule has 2 heterocycles. The molecule has 1 aromatic heterocycles. The van der Waals surface area contributed by atoms with E-state index >= 15 is 0 Å². The summed E-state index contributed by atoms with van der Waals surface area (Å²) in [4.78, 5) is 0. The lowest BCUT2D eigenvalue weighted by molar-refractivity contribution is -0.0430. The lowest BCUT2D eigenvalue weighted by Gasteiger charge is -2.23. The maximum absolute atomic E-state index is 6.30. The highest BCUT2D eigenvalue weighted by molar-refractivity contribution is 4.95. The summed E-state index contributed by atoms with van der Waals surface area (Å²) in [5.74, 6) is 0. The molecule has 1 N–H and O–H groups in total. The van der Waals surface area contributed by atoms with Gasteiger partial charge in [-0.15, -0.1) is 5.10 Å². The first-order valence-corrected chi connectivity index (χ1v) is 7.57. The van der Waals surface area contributed by atoms with Crippen LogP contribution in [-0.4, -0.2) is 33.2 Å². The van der Waals surface area contributed by atoms with Crippen molar-refractivity contribution in [2.75, 3.05) is 6.54 Å². The predicted octanol–water partition coefficient (Wildman–Crippen LogP) is 1.88. The zero-order chi connectivity index (χ0) is 13.1. The number of hydrogen-bond acceptors (Lipinski definition) is 4. The number of ether oxygens (including phenoxy) is 1. The van der Waals surface area contributed by atoms with Gasteiger partial charge in [0.05, 0.1) is 23.9 Å². The van der Waals surface area contributed by atoms with Gasteiger partial charge in [0.1, 0.15) is 0 Å². The molecular weight excluding hydrogens is 240 g/mol. The minimum atomic E-state index is 0.220. The molecule has 1 atom stereocenters. The Morgan fingerprint density at radius 3 is 3.05 bits per heavy atom. The summed E-state index contributed by atoms with van der Waals surface area (Å²) < 4.78 is 8.24. The standard InChI is InChI=1S/C14H24N4O/c1-2-15-9-12-10-18(17-16-12)11-13-5-8-14(19-13)6-3-4-7-14/h10,13,15H,2-9,11H2,1H3. The van der Waals surface area contributed by atoms with Gasteiger partial charge in [0, 0.05) is 12.7 Å². The Balaban J connectivity index is 1.53. The van der Waals surface area contributed by atoms with Crippen molar-refractivity contribution in [3.8, 4) is 0 Å². The van der Waals surface area contributed by atoms with Gasteiger partial charge in [-0.25, -0.2) is 4.68 Å². The van der Waals surface area contributed by atoms with Crippen LogP contribution in [0, 0.1) is 0 Å². The average Bonchev–Trinajstić information content (AvgIpc) is 3.12. The van der Waals surface area contributed by atoms with Crippen molar-refractivity contribution in [3.05, 3.63) is 11.9 Å². The van der Waals surface area contributed by atoms with Gasteiger partial charge in [0.2, 0.25) is 0 Å². The molecule has 2 fully saturated rings. The normalized spacial score (nSPS) is 25.4. The van der Waals surface area contributed by atoms with E-state index in [4.69, 9.17) is 4.74 Å². The quantitative estimate of drug-likeness (QED) is 0.882. The third-order valence-electron chi connectivity index (χ3n) is 4.39. The van der Waals surface area contributed by atoms with E-state index in [9.17, 15) is 0 Å². The van der Waals surface area contributed by atoms with Crippen LogP contribution in [0.25, 0.3) is 0 Å². The van der Waals surface area contributed by atoms with Gasteiger partial charge in [0.15, 0.2) is 0 Å². The van der Waals surface area contributed by atoms with Crippen LogP contribution in [-0.2, 0) is 17.8 Å². The lowest BCUT2D eigenvalue weighted by atomic mass is 9.98. The second-order valence-corrected chi connectivity index (χ2v) is 5.88. The van der Waals surface area contributed by atoms with Crippen molar-refractivity contribution >= 4 is 0 Å². The van der Waals surface area contributed by atoms with Crippen LogP contribution in [0.3, 0.4) is 0 Å². The molecule has 1 saturated carbocycles. The molecule has 1 aliphatic carbocycles. The molecule has 0 aromatic carbocycles. The number of nitrogens with zero attached hydrogens (tertiary/aromatic N) is 3. The summed E-state index contributed by atoms with van der Waals surface area (Å²) in [5, 5.41) is 11.6. The highest BCUT2D eigenvalue weighted by Gasteiger charge is 2.42. The number of rotatable bonds is 5.